The Morgan fingerprint density at radius 3 is 2.00 bits per heavy atom. The maximum Gasteiger partial charge on any atom is 0.0971 e. The van der Waals surface area contributed by atoms with E-state index in [-0.39, 0.29) is 0 Å². The molecule has 0 radical (unpaired) electrons. The van der Waals surface area contributed by atoms with Gasteiger partial charge in [0.15, 0.2) is 0 Å². The largest absolute Gasteiger partial charge is 0.309 e. The van der Waals surface area contributed by atoms with Gasteiger partial charge in [-0.3, -0.25) is 9.97 Å². The van der Waals surface area contributed by atoms with Crippen LogP contribution >= 0.6 is 0 Å². The molecule has 38 heavy (non-hydrogen) atoms. The minimum absolute atomic E-state index is 0.943. The lowest BCUT2D eigenvalue weighted by atomic mass is 9.95. The fraction of sp³-hybridized carbons (Fsp3) is 0.0286. The van der Waals surface area contributed by atoms with E-state index in [1.807, 2.05) is 0 Å². The first-order valence-electron chi connectivity index (χ1n) is 12.9. The molecule has 0 saturated heterocycles. The van der Waals surface area contributed by atoms with Crippen molar-refractivity contribution in [3.8, 4) is 16.8 Å². The van der Waals surface area contributed by atoms with E-state index in [2.05, 4.69) is 126 Å². The molecule has 0 aliphatic heterocycles. The van der Waals surface area contributed by atoms with Crippen molar-refractivity contribution in [2.24, 2.45) is 0 Å². The molecule has 2 heterocycles. The zero-order valence-electron chi connectivity index (χ0n) is 20.9. The van der Waals surface area contributed by atoms with Crippen molar-refractivity contribution in [2.45, 2.75) is 6.92 Å². The first-order chi connectivity index (χ1) is 18.8. The van der Waals surface area contributed by atoms with E-state index in [4.69, 9.17) is 4.98 Å². The number of rotatable bonds is 2. The number of hydrogen-bond acceptors (Lipinski definition) is 2. The molecule has 2 aromatic heterocycles. The summed E-state index contributed by atoms with van der Waals surface area (Å²) in [5.74, 6) is 0. The van der Waals surface area contributed by atoms with Crippen LogP contribution in [-0.4, -0.2) is 14.5 Å². The summed E-state index contributed by atoms with van der Waals surface area (Å²) in [6, 6.07) is 39.4. The molecule has 3 nitrogen and oxygen atoms in total. The summed E-state index contributed by atoms with van der Waals surface area (Å²) >= 11 is 0. The van der Waals surface area contributed by atoms with Gasteiger partial charge in [0, 0.05) is 39.5 Å². The van der Waals surface area contributed by atoms with Crippen molar-refractivity contribution in [1.29, 1.82) is 0 Å². The first kappa shape index (κ1) is 21.1. The standard InChI is InChI=1S/C35H23N3/c1-22-14-17-33-30(20-22)26-10-5-7-13-32(26)38(33)31-12-6-4-8-24(31)23-15-16-28-29(21-23)25-9-2-3-11-27(25)34-35(28)37-19-18-36-34/h2-21H,1H3. The average molecular weight is 486 g/mol. The Bertz CT molecular complexity index is 2170. The highest BCUT2D eigenvalue weighted by Gasteiger charge is 2.17. The summed E-state index contributed by atoms with van der Waals surface area (Å²) < 4.78 is 2.41. The van der Waals surface area contributed by atoms with Crippen LogP contribution in [0.4, 0.5) is 0 Å². The van der Waals surface area contributed by atoms with Crippen molar-refractivity contribution in [3.63, 3.8) is 0 Å². The van der Waals surface area contributed by atoms with E-state index >= 15 is 0 Å². The minimum Gasteiger partial charge on any atom is -0.309 e. The van der Waals surface area contributed by atoms with E-state index < -0.39 is 0 Å². The van der Waals surface area contributed by atoms with E-state index in [9.17, 15) is 0 Å². The maximum atomic E-state index is 4.73. The highest BCUT2D eigenvalue weighted by atomic mass is 15.0. The molecule has 3 heteroatoms. The Balaban J connectivity index is 1.45. The molecule has 6 aromatic carbocycles. The number of nitrogens with zero attached hydrogens (tertiary/aromatic N) is 3. The maximum absolute atomic E-state index is 4.73. The summed E-state index contributed by atoms with van der Waals surface area (Å²) in [5, 5.41) is 7.20. The van der Waals surface area contributed by atoms with Gasteiger partial charge >= 0.3 is 0 Å². The van der Waals surface area contributed by atoms with Crippen LogP contribution in [0.25, 0.3) is 71.2 Å². The van der Waals surface area contributed by atoms with Gasteiger partial charge in [0.2, 0.25) is 0 Å². The Morgan fingerprint density at radius 1 is 0.500 bits per heavy atom. The lowest BCUT2D eigenvalue weighted by Crippen LogP contribution is -1.97. The van der Waals surface area contributed by atoms with Gasteiger partial charge in [-0.05, 0) is 53.6 Å². The molecule has 0 spiro atoms. The Hall–Kier alpha value is -5.02. The lowest BCUT2D eigenvalue weighted by Gasteiger charge is -2.15. The fourth-order valence-electron chi connectivity index (χ4n) is 6.06. The predicted octanol–water partition coefficient (Wildman–Crippen LogP) is 9.01. The molecule has 0 atom stereocenters. The normalized spacial score (nSPS) is 11.8. The van der Waals surface area contributed by atoms with Gasteiger partial charge in [-0.1, -0.05) is 84.4 Å². The smallest absolute Gasteiger partial charge is 0.0971 e. The van der Waals surface area contributed by atoms with Crippen molar-refractivity contribution in [3.05, 3.63) is 127 Å². The molecule has 0 fully saturated rings. The molecule has 178 valence electrons. The van der Waals surface area contributed by atoms with Crippen molar-refractivity contribution in [1.82, 2.24) is 14.5 Å². The quantitative estimate of drug-likeness (QED) is 0.229. The predicted molar refractivity (Wildman–Crippen MR) is 159 cm³/mol. The number of benzene rings is 6. The van der Waals surface area contributed by atoms with Crippen molar-refractivity contribution >= 4 is 54.4 Å². The van der Waals surface area contributed by atoms with Gasteiger partial charge in [0.25, 0.3) is 0 Å². The van der Waals surface area contributed by atoms with E-state index in [0.29, 0.717) is 0 Å². The summed E-state index contributed by atoms with van der Waals surface area (Å²) in [5.41, 5.74) is 9.14. The zero-order valence-corrected chi connectivity index (χ0v) is 20.9. The summed E-state index contributed by atoms with van der Waals surface area (Å²) in [6.07, 6.45) is 3.56. The summed E-state index contributed by atoms with van der Waals surface area (Å²) in [4.78, 5) is 9.42. The van der Waals surface area contributed by atoms with Crippen LogP contribution in [0.1, 0.15) is 5.56 Å². The van der Waals surface area contributed by atoms with Crippen LogP contribution in [0, 0.1) is 6.92 Å². The number of fused-ring (bicyclic) bond motifs is 9. The molecule has 0 saturated carbocycles. The summed E-state index contributed by atoms with van der Waals surface area (Å²) in [7, 11) is 0. The number of aromatic nitrogens is 3. The SMILES string of the molecule is Cc1ccc2c(c1)c1ccccc1n2-c1ccccc1-c1ccc2c(c1)c1ccccc1c1nccnc21. The van der Waals surface area contributed by atoms with Crippen LogP contribution in [0.15, 0.2) is 122 Å². The summed E-state index contributed by atoms with van der Waals surface area (Å²) in [6.45, 7) is 2.16. The molecule has 0 aliphatic carbocycles. The molecule has 0 aliphatic rings. The number of aryl methyl sites for hydroxylation is 1. The minimum atomic E-state index is 0.943. The molecular formula is C35H23N3. The average Bonchev–Trinajstić information content (AvgIpc) is 3.30. The monoisotopic (exact) mass is 485 g/mol. The Morgan fingerprint density at radius 2 is 1.16 bits per heavy atom. The second-order valence-corrected chi connectivity index (χ2v) is 9.95. The van der Waals surface area contributed by atoms with Gasteiger partial charge in [0.1, 0.15) is 0 Å². The molecule has 0 bridgehead atoms. The van der Waals surface area contributed by atoms with Crippen LogP contribution in [-0.2, 0) is 0 Å². The third kappa shape index (κ3) is 2.96. The van der Waals surface area contributed by atoms with Gasteiger partial charge in [-0.25, -0.2) is 0 Å². The first-order valence-corrected chi connectivity index (χ1v) is 12.9. The topological polar surface area (TPSA) is 30.7 Å². The Kier molecular flexibility index (Phi) is 4.44. The molecule has 0 unspecified atom stereocenters. The lowest BCUT2D eigenvalue weighted by molar-refractivity contribution is 1.18. The van der Waals surface area contributed by atoms with Crippen LogP contribution in [0.3, 0.4) is 0 Å². The highest BCUT2D eigenvalue weighted by molar-refractivity contribution is 6.23. The van der Waals surface area contributed by atoms with Gasteiger partial charge in [0.05, 0.1) is 27.8 Å². The molecular weight excluding hydrogens is 462 g/mol. The third-order valence-electron chi connectivity index (χ3n) is 7.73. The van der Waals surface area contributed by atoms with E-state index in [1.165, 1.54) is 55.0 Å². The highest BCUT2D eigenvalue weighted by Crippen LogP contribution is 2.39. The zero-order chi connectivity index (χ0) is 25.2. The second kappa shape index (κ2) is 7.99. The van der Waals surface area contributed by atoms with Gasteiger partial charge < -0.3 is 4.57 Å². The van der Waals surface area contributed by atoms with Crippen molar-refractivity contribution < 1.29 is 0 Å². The number of para-hydroxylation sites is 2. The fourth-order valence-corrected chi connectivity index (χ4v) is 6.06. The molecule has 8 rings (SSSR count). The molecule has 0 amide bonds. The Labute approximate surface area is 219 Å². The van der Waals surface area contributed by atoms with Gasteiger partial charge in [-0.15, -0.1) is 0 Å². The number of hydrogen-bond donors (Lipinski definition) is 0. The van der Waals surface area contributed by atoms with Crippen LogP contribution in [0.5, 0.6) is 0 Å². The van der Waals surface area contributed by atoms with E-state index in [1.54, 1.807) is 12.4 Å². The van der Waals surface area contributed by atoms with E-state index in [0.717, 1.165) is 21.8 Å². The van der Waals surface area contributed by atoms with Crippen LogP contribution in [0.2, 0.25) is 0 Å². The van der Waals surface area contributed by atoms with Crippen LogP contribution < -0.4 is 0 Å². The third-order valence-corrected chi connectivity index (χ3v) is 7.73. The van der Waals surface area contributed by atoms with Gasteiger partial charge in [-0.2, -0.15) is 0 Å². The molecule has 0 N–H and O–H groups in total. The second-order valence-electron chi connectivity index (χ2n) is 9.95. The molecule has 8 aromatic rings. The van der Waals surface area contributed by atoms with Crippen molar-refractivity contribution in [2.75, 3.05) is 0 Å².